The maximum Gasteiger partial charge on any atom is 0.319 e. The number of rotatable bonds is 9. The first kappa shape index (κ1) is 26.3. The summed E-state index contributed by atoms with van der Waals surface area (Å²) in [5, 5.41) is 15.8. The molecule has 1 unspecified atom stereocenters. The first-order chi connectivity index (χ1) is 16.3. The molecule has 0 heterocycles. The summed E-state index contributed by atoms with van der Waals surface area (Å²) in [4.78, 5) is 12.9. The Bertz CT molecular complexity index is 893. The highest BCUT2D eigenvalue weighted by Gasteiger charge is 2.40. The Labute approximate surface area is 206 Å². The zero-order valence-corrected chi connectivity index (χ0v) is 21.7. The number of allylic oxidation sites excluding steroid dienone is 4. The van der Waals surface area contributed by atoms with Gasteiger partial charge in [0.1, 0.15) is 0 Å². The highest BCUT2D eigenvalue weighted by molar-refractivity contribution is 5.91. The summed E-state index contributed by atoms with van der Waals surface area (Å²) in [6.07, 6.45) is 16.6. The molecule has 0 spiro atoms. The van der Waals surface area contributed by atoms with Crippen LogP contribution in [0.25, 0.3) is 0 Å². The number of para-hydroxylation sites is 1. The van der Waals surface area contributed by atoms with Crippen LogP contribution in [-0.4, -0.2) is 24.3 Å². The van der Waals surface area contributed by atoms with Crippen molar-refractivity contribution in [3.63, 3.8) is 0 Å². The second-order valence-corrected chi connectivity index (χ2v) is 10.8. The van der Waals surface area contributed by atoms with Gasteiger partial charge in [-0.25, -0.2) is 4.79 Å². The van der Waals surface area contributed by atoms with Crippen molar-refractivity contribution in [2.45, 2.75) is 78.6 Å². The van der Waals surface area contributed by atoms with Crippen LogP contribution in [0, 0.1) is 17.3 Å². The molecule has 2 aliphatic carbocycles. The fourth-order valence-corrected chi connectivity index (χ4v) is 5.71. The van der Waals surface area contributed by atoms with Gasteiger partial charge in [0.15, 0.2) is 0 Å². The first-order valence-corrected chi connectivity index (χ1v) is 13.1. The van der Waals surface area contributed by atoms with Crippen LogP contribution in [0.1, 0.15) is 89.7 Å². The van der Waals surface area contributed by atoms with Gasteiger partial charge < -0.3 is 15.7 Å². The lowest BCUT2D eigenvalue weighted by Gasteiger charge is -2.37. The molecule has 0 aliphatic heterocycles. The van der Waals surface area contributed by atoms with Crippen molar-refractivity contribution in [2.75, 3.05) is 18.5 Å². The van der Waals surface area contributed by atoms with Gasteiger partial charge in [0.25, 0.3) is 0 Å². The Hall–Kier alpha value is -2.33. The molecule has 0 radical (unpaired) electrons. The Morgan fingerprint density at radius 2 is 1.71 bits per heavy atom. The van der Waals surface area contributed by atoms with E-state index in [-0.39, 0.29) is 24.0 Å². The van der Waals surface area contributed by atoms with E-state index in [1.54, 1.807) is 0 Å². The summed E-state index contributed by atoms with van der Waals surface area (Å²) >= 11 is 0. The van der Waals surface area contributed by atoms with Gasteiger partial charge in [-0.05, 0) is 59.1 Å². The van der Waals surface area contributed by atoms with Crippen LogP contribution in [-0.2, 0) is 0 Å². The number of carbonyl (C=O) groups excluding carboxylic acids is 1. The molecule has 2 atom stereocenters. The zero-order chi connectivity index (χ0) is 24.7. The average Bonchev–Trinajstić information content (AvgIpc) is 3.18. The number of anilines is 1. The molecular formula is C30H44N2O2. The normalized spacial score (nSPS) is 20.4. The van der Waals surface area contributed by atoms with E-state index in [1.807, 2.05) is 0 Å². The van der Waals surface area contributed by atoms with Gasteiger partial charge in [-0.3, -0.25) is 0 Å². The van der Waals surface area contributed by atoms with Crippen molar-refractivity contribution in [1.29, 1.82) is 0 Å². The fraction of sp³-hybridized carbons (Fsp3) is 0.567. The number of hydrogen-bond donors (Lipinski definition) is 3. The van der Waals surface area contributed by atoms with Crippen LogP contribution in [0.3, 0.4) is 0 Å². The van der Waals surface area contributed by atoms with Crippen molar-refractivity contribution in [3.8, 4) is 0 Å². The van der Waals surface area contributed by atoms with E-state index < -0.39 is 0 Å². The molecule has 2 aliphatic rings. The number of urea groups is 1. The van der Waals surface area contributed by atoms with Crippen LogP contribution in [0.2, 0.25) is 0 Å². The molecule has 3 rings (SSSR count). The minimum atomic E-state index is -0.120. The van der Waals surface area contributed by atoms with Gasteiger partial charge in [0, 0.05) is 18.2 Å². The van der Waals surface area contributed by atoms with Crippen LogP contribution >= 0.6 is 0 Å². The second kappa shape index (κ2) is 11.9. The number of nitrogens with one attached hydrogen (secondary N) is 2. The fourth-order valence-electron chi connectivity index (χ4n) is 5.71. The molecule has 3 N–H and O–H groups in total. The van der Waals surface area contributed by atoms with E-state index >= 15 is 0 Å². The molecule has 0 aromatic heterocycles. The second-order valence-electron chi connectivity index (χ2n) is 10.8. The molecule has 1 aromatic carbocycles. The molecule has 34 heavy (non-hydrogen) atoms. The van der Waals surface area contributed by atoms with Gasteiger partial charge in [0.2, 0.25) is 0 Å². The summed E-state index contributed by atoms with van der Waals surface area (Å²) in [5.41, 5.74) is 4.85. The smallest absolute Gasteiger partial charge is 0.319 e. The quantitative estimate of drug-likeness (QED) is 0.359. The number of carbonyl (C=O) groups is 1. The summed E-state index contributed by atoms with van der Waals surface area (Å²) in [7, 11) is 0. The van der Waals surface area contributed by atoms with E-state index in [9.17, 15) is 9.90 Å². The predicted octanol–water partition coefficient (Wildman–Crippen LogP) is 7.30. The van der Waals surface area contributed by atoms with Crippen molar-refractivity contribution in [2.24, 2.45) is 17.3 Å². The zero-order valence-electron chi connectivity index (χ0n) is 21.7. The van der Waals surface area contributed by atoms with E-state index in [4.69, 9.17) is 0 Å². The lowest BCUT2D eigenvalue weighted by Crippen LogP contribution is -2.34. The number of hydrogen-bond acceptors (Lipinski definition) is 2. The minimum Gasteiger partial charge on any atom is -0.395 e. The average molecular weight is 465 g/mol. The van der Waals surface area contributed by atoms with E-state index in [0.29, 0.717) is 24.3 Å². The Morgan fingerprint density at radius 1 is 1.06 bits per heavy atom. The Kier molecular flexibility index (Phi) is 9.18. The maximum absolute atomic E-state index is 12.9. The Morgan fingerprint density at radius 3 is 2.29 bits per heavy atom. The molecule has 4 heteroatoms. The van der Waals surface area contributed by atoms with E-state index in [1.165, 1.54) is 42.4 Å². The first-order valence-electron chi connectivity index (χ1n) is 13.1. The van der Waals surface area contributed by atoms with Crippen molar-refractivity contribution in [1.82, 2.24) is 5.32 Å². The lowest BCUT2D eigenvalue weighted by atomic mass is 9.67. The number of aliphatic hydroxyl groups is 1. The number of aliphatic hydroxyl groups excluding tert-OH is 1. The largest absolute Gasteiger partial charge is 0.395 e. The molecule has 1 aromatic rings. The van der Waals surface area contributed by atoms with E-state index in [0.717, 1.165) is 12.1 Å². The van der Waals surface area contributed by atoms with Crippen LogP contribution in [0.5, 0.6) is 0 Å². The van der Waals surface area contributed by atoms with Crippen molar-refractivity contribution >= 4 is 11.7 Å². The SMILES string of the molecule is CC(C)c1cccc(C(C)C)c1NC(=O)NCC[C@@H](C)C1(C2=CC=CC(CO)C=C2)CCCC1. The third-order valence-electron chi connectivity index (χ3n) is 7.86. The predicted molar refractivity (Wildman–Crippen MR) is 143 cm³/mol. The van der Waals surface area contributed by atoms with Gasteiger partial charge in [-0.1, -0.05) is 96.0 Å². The molecule has 186 valence electrons. The molecule has 0 bridgehead atoms. The summed E-state index contributed by atoms with van der Waals surface area (Å²) < 4.78 is 0. The topological polar surface area (TPSA) is 61.4 Å². The highest BCUT2D eigenvalue weighted by Crippen LogP contribution is 2.51. The molecule has 4 nitrogen and oxygen atoms in total. The van der Waals surface area contributed by atoms with E-state index in [2.05, 4.69) is 93.8 Å². The third-order valence-corrected chi connectivity index (χ3v) is 7.86. The molecule has 1 fully saturated rings. The van der Waals surface area contributed by atoms with Gasteiger partial charge in [-0.15, -0.1) is 0 Å². The van der Waals surface area contributed by atoms with Gasteiger partial charge in [0.05, 0.1) is 6.61 Å². The van der Waals surface area contributed by atoms with Crippen LogP contribution in [0.15, 0.2) is 54.2 Å². The van der Waals surface area contributed by atoms with Gasteiger partial charge in [-0.2, -0.15) is 0 Å². The standard InChI is InChI=1S/C30H44N2O2/c1-21(2)26-12-9-13-27(22(3)4)28(26)32-29(34)31-19-16-23(5)30(17-6-7-18-30)25-11-8-10-24(20-33)14-15-25/h8-15,21-24,33H,6-7,16-20H2,1-5H3,(H2,31,32,34)/t23-,24?/m1/s1. The summed E-state index contributed by atoms with van der Waals surface area (Å²) in [6.45, 7) is 11.8. The van der Waals surface area contributed by atoms with Crippen LogP contribution in [0.4, 0.5) is 10.5 Å². The third kappa shape index (κ3) is 6.02. The minimum absolute atomic E-state index is 0.0947. The maximum atomic E-state index is 12.9. The molecular weight excluding hydrogens is 420 g/mol. The highest BCUT2D eigenvalue weighted by atomic mass is 16.3. The summed E-state index contributed by atoms with van der Waals surface area (Å²) in [5.74, 6) is 1.24. The Balaban J connectivity index is 1.64. The molecule has 0 saturated heterocycles. The monoisotopic (exact) mass is 464 g/mol. The van der Waals surface area contributed by atoms with Crippen LogP contribution < -0.4 is 10.6 Å². The number of benzene rings is 1. The van der Waals surface area contributed by atoms with Gasteiger partial charge >= 0.3 is 6.03 Å². The number of amides is 2. The molecule has 1 saturated carbocycles. The lowest BCUT2D eigenvalue weighted by molar-refractivity contribution is 0.222. The van der Waals surface area contributed by atoms with Crippen molar-refractivity contribution in [3.05, 3.63) is 65.3 Å². The molecule has 2 amide bonds. The summed E-state index contributed by atoms with van der Waals surface area (Å²) in [6, 6.07) is 6.19. The van der Waals surface area contributed by atoms with Crippen molar-refractivity contribution < 1.29 is 9.90 Å².